The number of thiazole rings is 1. The lowest BCUT2D eigenvalue weighted by atomic mass is 10.2. The van der Waals surface area contributed by atoms with Crippen molar-refractivity contribution < 1.29 is 19.0 Å². The van der Waals surface area contributed by atoms with Crippen LogP contribution in [0.5, 0.6) is 23.1 Å². The van der Waals surface area contributed by atoms with Crippen LogP contribution in [-0.4, -0.2) is 35.2 Å². The van der Waals surface area contributed by atoms with Crippen LogP contribution in [0.25, 0.3) is 10.9 Å². The summed E-state index contributed by atoms with van der Waals surface area (Å²) in [6, 6.07) is 10.1. The molecule has 152 valence electrons. The van der Waals surface area contributed by atoms with E-state index < -0.39 is 6.03 Å². The van der Waals surface area contributed by atoms with Gasteiger partial charge in [0.1, 0.15) is 6.33 Å². The van der Waals surface area contributed by atoms with Gasteiger partial charge in [-0.1, -0.05) is 12.1 Å². The fourth-order valence-corrected chi connectivity index (χ4v) is 3.26. The second kappa shape index (κ2) is 8.62. The van der Waals surface area contributed by atoms with Gasteiger partial charge in [-0.25, -0.2) is 19.7 Å². The van der Waals surface area contributed by atoms with E-state index in [-0.39, 0.29) is 0 Å². The number of carbonyl (C=O) groups is 1. The van der Waals surface area contributed by atoms with Crippen molar-refractivity contribution >= 4 is 39.1 Å². The SMILES string of the molecule is COc1cc2ncnc(Oc3ccccc3NC(=O)Nc3nccs3)c2cc1OC. The number of carbonyl (C=O) groups excluding carboxylic acids is 1. The Hall–Kier alpha value is -3.92. The van der Waals surface area contributed by atoms with Crippen LogP contribution in [0, 0.1) is 0 Å². The Labute approximate surface area is 175 Å². The fourth-order valence-electron chi connectivity index (χ4n) is 2.74. The maximum absolute atomic E-state index is 12.3. The van der Waals surface area contributed by atoms with Crippen molar-refractivity contribution in [3.05, 3.63) is 54.3 Å². The molecule has 2 amide bonds. The molecule has 2 aromatic carbocycles. The average Bonchev–Trinajstić information content (AvgIpc) is 3.27. The summed E-state index contributed by atoms with van der Waals surface area (Å²) in [5, 5.41) is 8.33. The molecule has 0 saturated carbocycles. The summed E-state index contributed by atoms with van der Waals surface area (Å²) in [6.07, 6.45) is 3.01. The Balaban J connectivity index is 1.63. The van der Waals surface area contributed by atoms with Crippen LogP contribution >= 0.6 is 11.3 Å². The van der Waals surface area contributed by atoms with E-state index in [0.29, 0.717) is 44.9 Å². The topological polar surface area (TPSA) is 107 Å². The number of rotatable bonds is 6. The molecule has 0 aliphatic rings. The highest BCUT2D eigenvalue weighted by Crippen LogP contribution is 2.37. The van der Waals surface area contributed by atoms with Crippen molar-refractivity contribution in [1.29, 1.82) is 0 Å². The lowest BCUT2D eigenvalue weighted by Gasteiger charge is -2.14. The van der Waals surface area contributed by atoms with Gasteiger partial charge >= 0.3 is 6.03 Å². The van der Waals surface area contributed by atoms with E-state index in [1.54, 1.807) is 62.2 Å². The van der Waals surface area contributed by atoms with E-state index in [0.717, 1.165) is 0 Å². The van der Waals surface area contributed by atoms with Crippen LogP contribution < -0.4 is 24.8 Å². The van der Waals surface area contributed by atoms with Gasteiger partial charge < -0.3 is 19.5 Å². The number of anilines is 2. The Morgan fingerprint density at radius 1 is 0.967 bits per heavy atom. The van der Waals surface area contributed by atoms with Crippen molar-refractivity contribution in [3.63, 3.8) is 0 Å². The molecule has 9 nitrogen and oxygen atoms in total. The van der Waals surface area contributed by atoms with E-state index in [9.17, 15) is 4.79 Å². The summed E-state index contributed by atoms with van der Waals surface area (Å²) in [5.41, 5.74) is 1.10. The predicted octanol–water partition coefficient (Wildman–Crippen LogP) is 4.54. The third-order valence-corrected chi connectivity index (χ3v) is 4.79. The first-order valence-electron chi connectivity index (χ1n) is 8.79. The first-order valence-corrected chi connectivity index (χ1v) is 9.67. The number of amides is 2. The van der Waals surface area contributed by atoms with Gasteiger partial charge in [-0.3, -0.25) is 5.32 Å². The second-order valence-electron chi connectivity index (χ2n) is 5.92. The minimum absolute atomic E-state index is 0.315. The quantitative estimate of drug-likeness (QED) is 0.469. The van der Waals surface area contributed by atoms with E-state index in [1.807, 2.05) is 0 Å². The monoisotopic (exact) mass is 423 g/mol. The van der Waals surface area contributed by atoms with Gasteiger partial charge in [0.15, 0.2) is 22.4 Å². The number of aromatic nitrogens is 3. The molecular weight excluding hydrogens is 406 g/mol. The molecule has 0 fully saturated rings. The van der Waals surface area contributed by atoms with Crippen molar-refractivity contribution in [2.45, 2.75) is 0 Å². The van der Waals surface area contributed by atoms with Gasteiger partial charge in [0.2, 0.25) is 5.88 Å². The van der Waals surface area contributed by atoms with Crippen molar-refractivity contribution in [1.82, 2.24) is 15.0 Å². The van der Waals surface area contributed by atoms with Gasteiger partial charge in [0.25, 0.3) is 0 Å². The molecule has 4 rings (SSSR count). The molecule has 0 atom stereocenters. The molecule has 2 aromatic heterocycles. The number of nitrogens with one attached hydrogen (secondary N) is 2. The number of urea groups is 1. The molecular formula is C20H17N5O4S. The highest BCUT2D eigenvalue weighted by Gasteiger charge is 2.15. The summed E-state index contributed by atoms with van der Waals surface area (Å²) in [7, 11) is 3.11. The lowest BCUT2D eigenvalue weighted by Crippen LogP contribution is -2.19. The van der Waals surface area contributed by atoms with E-state index in [1.165, 1.54) is 17.7 Å². The lowest BCUT2D eigenvalue weighted by molar-refractivity contribution is 0.262. The Bertz CT molecular complexity index is 1180. The zero-order chi connectivity index (χ0) is 20.9. The number of hydrogen-bond acceptors (Lipinski definition) is 8. The third-order valence-electron chi connectivity index (χ3n) is 4.10. The maximum Gasteiger partial charge on any atom is 0.325 e. The highest BCUT2D eigenvalue weighted by molar-refractivity contribution is 7.13. The van der Waals surface area contributed by atoms with Gasteiger partial charge in [-0.2, -0.15) is 0 Å². The first kappa shape index (κ1) is 19.4. The largest absolute Gasteiger partial charge is 0.493 e. The Morgan fingerprint density at radius 2 is 1.77 bits per heavy atom. The predicted molar refractivity (Wildman–Crippen MR) is 114 cm³/mol. The molecule has 0 unspecified atom stereocenters. The summed E-state index contributed by atoms with van der Waals surface area (Å²) in [5.74, 6) is 1.81. The normalized spacial score (nSPS) is 10.5. The number of ether oxygens (including phenoxy) is 3. The molecule has 0 aliphatic heterocycles. The number of para-hydroxylation sites is 2. The highest BCUT2D eigenvalue weighted by atomic mass is 32.1. The van der Waals surface area contributed by atoms with E-state index >= 15 is 0 Å². The molecule has 0 bridgehead atoms. The summed E-state index contributed by atoms with van der Waals surface area (Å²) in [6.45, 7) is 0. The molecule has 0 aliphatic carbocycles. The van der Waals surface area contributed by atoms with Crippen LogP contribution in [0.15, 0.2) is 54.3 Å². The number of fused-ring (bicyclic) bond motifs is 1. The summed E-state index contributed by atoms with van der Waals surface area (Å²) < 4.78 is 16.7. The standard InChI is InChI=1S/C20H17N5O4S/c1-27-16-9-12-14(10-17(16)28-2)22-11-23-18(12)29-15-6-4-3-5-13(15)24-19(26)25-20-21-7-8-30-20/h3-11H,1-2H3,(H2,21,24,25,26). The molecule has 30 heavy (non-hydrogen) atoms. The van der Waals surface area contributed by atoms with E-state index in [4.69, 9.17) is 14.2 Å². The Morgan fingerprint density at radius 3 is 2.53 bits per heavy atom. The molecule has 10 heteroatoms. The average molecular weight is 423 g/mol. The molecule has 0 radical (unpaired) electrons. The smallest absolute Gasteiger partial charge is 0.325 e. The van der Waals surface area contributed by atoms with Crippen LogP contribution in [-0.2, 0) is 0 Å². The molecule has 2 heterocycles. The minimum atomic E-state index is -0.431. The Kier molecular flexibility index (Phi) is 5.57. The van der Waals surface area contributed by atoms with E-state index in [2.05, 4.69) is 25.6 Å². The number of methoxy groups -OCH3 is 2. The molecule has 0 saturated heterocycles. The van der Waals surface area contributed by atoms with Gasteiger partial charge in [0.05, 0.1) is 30.8 Å². The van der Waals surface area contributed by atoms with Crippen LogP contribution in [0.1, 0.15) is 0 Å². The van der Waals surface area contributed by atoms with Gasteiger partial charge in [0, 0.05) is 17.6 Å². The molecule has 0 spiro atoms. The second-order valence-corrected chi connectivity index (χ2v) is 6.81. The zero-order valence-electron chi connectivity index (χ0n) is 16.1. The number of hydrogen-bond donors (Lipinski definition) is 2. The number of benzene rings is 2. The molecule has 4 aromatic rings. The maximum atomic E-state index is 12.3. The number of nitrogens with zero attached hydrogens (tertiary/aromatic N) is 3. The van der Waals surface area contributed by atoms with Crippen molar-refractivity contribution in [2.75, 3.05) is 24.9 Å². The van der Waals surface area contributed by atoms with Gasteiger partial charge in [-0.05, 0) is 18.2 Å². The zero-order valence-corrected chi connectivity index (χ0v) is 16.9. The third kappa shape index (κ3) is 4.08. The van der Waals surface area contributed by atoms with Gasteiger partial charge in [-0.15, -0.1) is 11.3 Å². The van der Waals surface area contributed by atoms with Crippen LogP contribution in [0.2, 0.25) is 0 Å². The minimum Gasteiger partial charge on any atom is -0.493 e. The summed E-state index contributed by atoms with van der Waals surface area (Å²) in [4.78, 5) is 24.8. The fraction of sp³-hybridized carbons (Fsp3) is 0.100. The van der Waals surface area contributed by atoms with Crippen molar-refractivity contribution in [3.8, 4) is 23.1 Å². The van der Waals surface area contributed by atoms with Crippen LogP contribution in [0.3, 0.4) is 0 Å². The van der Waals surface area contributed by atoms with Crippen LogP contribution in [0.4, 0.5) is 15.6 Å². The summed E-state index contributed by atoms with van der Waals surface area (Å²) >= 11 is 1.32. The first-order chi connectivity index (χ1) is 14.7. The molecule has 2 N–H and O–H groups in total. The van der Waals surface area contributed by atoms with Crippen molar-refractivity contribution in [2.24, 2.45) is 0 Å².